The number of benzene rings is 3. The monoisotopic (exact) mass is 404 g/mol. The fourth-order valence-corrected chi connectivity index (χ4v) is 4.12. The minimum atomic E-state index is -1.41. The van der Waals surface area contributed by atoms with E-state index in [1.807, 2.05) is 0 Å². The van der Waals surface area contributed by atoms with Crippen molar-refractivity contribution in [2.24, 2.45) is 5.73 Å². The number of ether oxygens (including phenoxy) is 2. The number of esters is 1. The molecular weight excluding hydrogens is 388 g/mol. The molecule has 0 saturated carbocycles. The summed E-state index contributed by atoms with van der Waals surface area (Å²) < 4.78 is 11.9. The lowest BCUT2D eigenvalue weighted by Gasteiger charge is -2.36. The van der Waals surface area contributed by atoms with Gasteiger partial charge in [-0.2, -0.15) is 0 Å². The third-order valence-corrected chi connectivity index (χ3v) is 5.31. The molecule has 0 saturated heterocycles. The van der Waals surface area contributed by atoms with Gasteiger partial charge in [-0.05, 0) is 30.3 Å². The number of amides is 1. The summed E-state index contributed by atoms with van der Waals surface area (Å²) in [6.45, 7) is -0.0826. The largest absolute Gasteiger partial charge is 0.508 e. The van der Waals surface area contributed by atoms with Gasteiger partial charge in [0.1, 0.15) is 23.0 Å². The van der Waals surface area contributed by atoms with Crippen LogP contribution >= 0.6 is 0 Å². The van der Waals surface area contributed by atoms with Crippen molar-refractivity contribution in [2.75, 3.05) is 6.67 Å². The van der Waals surface area contributed by atoms with Gasteiger partial charge < -0.3 is 30.7 Å². The second-order valence-corrected chi connectivity index (χ2v) is 6.97. The number of hydrogen-bond acceptors (Lipinski definition) is 7. The molecule has 0 aromatic heterocycles. The highest BCUT2D eigenvalue weighted by Crippen LogP contribution is 2.57. The molecule has 2 aliphatic heterocycles. The Morgan fingerprint density at radius 3 is 2.20 bits per heavy atom. The van der Waals surface area contributed by atoms with Gasteiger partial charge in [0.05, 0.1) is 17.8 Å². The maximum absolute atomic E-state index is 13.0. The smallest absolute Gasteiger partial charge is 0.340 e. The van der Waals surface area contributed by atoms with Gasteiger partial charge in [-0.25, -0.2) is 4.79 Å². The third kappa shape index (κ3) is 2.31. The molecule has 8 heteroatoms. The van der Waals surface area contributed by atoms with Crippen LogP contribution in [-0.2, 0) is 10.3 Å². The SMILES string of the molecule is NCNC(=O)c1cccc2c1C(=O)OC21c2ccc(O)cc2Oc2cc(O)ccc21. The van der Waals surface area contributed by atoms with Crippen LogP contribution < -0.4 is 15.8 Å². The summed E-state index contributed by atoms with van der Waals surface area (Å²) in [5.41, 5.74) is 5.73. The molecule has 0 fully saturated rings. The lowest BCUT2D eigenvalue weighted by molar-refractivity contribution is 0.0223. The molecule has 8 nitrogen and oxygen atoms in total. The van der Waals surface area contributed by atoms with E-state index in [2.05, 4.69) is 5.32 Å². The summed E-state index contributed by atoms with van der Waals surface area (Å²) >= 11 is 0. The van der Waals surface area contributed by atoms with E-state index in [0.717, 1.165) is 0 Å². The lowest BCUT2D eigenvalue weighted by Crippen LogP contribution is -2.33. The van der Waals surface area contributed by atoms with Crippen molar-refractivity contribution in [2.45, 2.75) is 5.60 Å². The van der Waals surface area contributed by atoms with Crippen LogP contribution in [0.1, 0.15) is 37.4 Å². The topological polar surface area (TPSA) is 131 Å². The van der Waals surface area contributed by atoms with Gasteiger partial charge >= 0.3 is 5.97 Å². The highest BCUT2D eigenvalue weighted by molar-refractivity contribution is 6.08. The summed E-state index contributed by atoms with van der Waals surface area (Å²) in [5, 5.41) is 22.4. The molecule has 0 bridgehead atoms. The minimum absolute atomic E-state index is 0.0341. The van der Waals surface area contributed by atoms with E-state index in [-0.39, 0.29) is 40.8 Å². The van der Waals surface area contributed by atoms with Gasteiger partial charge in [0, 0.05) is 28.8 Å². The zero-order chi connectivity index (χ0) is 21.0. The zero-order valence-electron chi connectivity index (χ0n) is 15.5. The van der Waals surface area contributed by atoms with Gasteiger partial charge in [0.2, 0.25) is 0 Å². The maximum atomic E-state index is 13.0. The van der Waals surface area contributed by atoms with Crippen LogP contribution in [0.15, 0.2) is 54.6 Å². The molecule has 2 heterocycles. The van der Waals surface area contributed by atoms with Crippen molar-refractivity contribution in [3.63, 3.8) is 0 Å². The standard InChI is InChI=1S/C22H16N2O6/c23-10-24-20(27)13-2-1-3-16-19(13)21(28)30-22(16)14-6-4-11(25)8-17(14)29-18-9-12(26)5-7-15(18)22/h1-9,25-26H,10,23H2,(H,24,27). The van der Waals surface area contributed by atoms with E-state index < -0.39 is 17.5 Å². The van der Waals surface area contributed by atoms with Crippen molar-refractivity contribution in [1.29, 1.82) is 0 Å². The number of phenolic OH excluding ortho intramolecular Hbond substituents is 2. The van der Waals surface area contributed by atoms with Crippen LogP contribution in [0.4, 0.5) is 0 Å². The first kappa shape index (κ1) is 18.0. The molecule has 30 heavy (non-hydrogen) atoms. The van der Waals surface area contributed by atoms with Crippen molar-refractivity contribution < 1.29 is 29.3 Å². The van der Waals surface area contributed by atoms with E-state index in [1.54, 1.807) is 24.3 Å². The Bertz CT molecular complexity index is 1180. The summed E-state index contributed by atoms with van der Waals surface area (Å²) in [6, 6.07) is 13.8. The van der Waals surface area contributed by atoms with Gasteiger partial charge in [0.25, 0.3) is 5.91 Å². The Morgan fingerprint density at radius 1 is 0.967 bits per heavy atom. The number of nitrogens with one attached hydrogen (secondary N) is 1. The van der Waals surface area contributed by atoms with E-state index in [0.29, 0.717) is 16.7 Å². The molecule has 0 aliphatic carbocycles. The molecule has 3 aromatic carbocycles. The molecule has 3 aromatic rings. The van der Waals surface area contributed by atoms with E-state index >= 15 is 0 Å². The molecular formula is C22H16N2O6. The number of rotatable bonds is 2. The number of phenols is 2. The number of carbonyl (C=O) groups is 2. The van der Waals surface area contributed by atoms with Crippen LogP contribution in [0.25, 0.3) is 0 Å². The molecule has 1 spiro atoms. The molecule has 0 unspecified atom stereocenters. The number of nitrogens with two attached hydrogens (primary N) is 1. The first-order chi connectivity index (χ1) is 14.5. The molecule has 1 amide bonds. The maximum Gasteiger partial charge on any atom is 0.340 e. The highest BCUT2D eigenvalue weighted by atomic mass is 16.6. The Kier molecular flexibility index (Phi) is 3.74. The third-order valence-electron chi connectivity index (χ3n) is 5.31. The summed E-state index contributed by atoms with van der Waals surface area (Å²) in [5.74, 6) is -0.697. The van der Waals surface area contributed by atoms with Crippen LogP contribution in [0.2, 0.25) is 0 Å². The van der Waals surface area contributed by atoms with Gasteiger partial charge in [-0.3, -0.25) is 4.79 Å². The van der Waals surface area contributed by atoms with Gasteiger partial charge in [0.15, 0.2) is 5.60 Å². The van der Waals surface area contributed by atoms with Crippen molar-refractivity contribution in [1.82, 2.24) is 5.32 Å². The van der Waals surface area contributed by atoms with E-state index in [9.17, 15) is 19.8 Å². The quantitative estimate of drug-likeness (QED) is 0.381. The van der Waals surface area contributed by atoms with Crippen LogP contribution in [0.5, 0.6) is 23.0 Å². The second kappa shape index (κ2) is 6.23. The predicted octanol–water partition coefficient (Wildman–Crippen LogP) is 2.31. The number of hydrogen-bond donors (Lipinski definition) is 4. The Hall–Kier alpha value is -4.04. The number of fused-ring (bicyclic) bond motifs is 6. The molecule has 5 N–H and O–H groups in total. The first-order valence-electron chi connectivity index (χ1n) is 9.15. The Balaban J connectivity index is 1.85. The van der Waals surface area contributed by atoms with Crippen molar-refractivity contribution >= 4 is 11.9 Å². The Labute approximate surface area is 170 Å². The summed E-state index contributed by atoms with van der Waals surface area (Å²) in [6.07, 6.45) is 0. The molecule has 5 rings (SSSR count). The Morgan fingerprint density at radius 2 is 1.60 bits per heavy atom. The highest BCUT2D eigenvalue weighted by Gasteiger charge is 2.54. The minimum Gasteiger partial charge on any atom is -0.508 e. The van der Waals surface area contributed by atoms with Crippen molar-refractivity contribution in [3.8, 4) is 23.0 Å². The predicted molar refractivity (Wildman–Crippen MR) is 105 cm³/mol. The number of carbonyl (C=O) groups excluding carboxylic acids is 2. The fraction of sp³-hybridized carbons (Fsp3) is 0.0909. The lowest BCUT2D eigenvalue weighted by atomic mass is 9.77. The molecule has 2 aliphatic rings. The summed E-state index contributed by atoms with van der Waals surface area (Å²) in [7, 11) is 0. The first-order valence-corrected chi connectivity index (χ1v) is 9.15. The van der Waals surface area contributed by atoms with Gasteiger partial charge in [-0.1, -0.05) is 12.1 Å². The van der Waals surface area contributed by atoms with Crippen LogP contribution in [0.3, 0.4) is 0 Å². The summed E-state index contributed by atoms with van der Waals surface area (Å²) in [4.78, 5) is 25.6. The van der Waals surface area contributed by atoms with E-state index in [1.165, 1.54) is 30.3 Å². The van der Waals surface area contributed by atoms with Crippen molar-refractivity contribution in [3.05, 3.63) is 82.4 Å². The zero-order valence-corrected chi connectivity index (χ0v) is 15.5. The normalized spacial score (nSPS) is 14.9. The second-order valence-electron chi connectivity index (χ2n) is 6.97. The average Bonchev–Trinajstić information content (AvgIpc) is 3.01. The average molecular weight is 404 g/mol. The van der Waals surface area contributed by atoms with Gasteiger partial charge in [-0.15, -0.1) is 0 Å². The van der Waals surface area contributed by atoms with Crippen LogP contribution in [-0.4, -0.2) is 28.8 Å². The van der Waals surface area contributed by atoms with E-state index in [4.69, 9.17) is 15.2 Å². The number of aromatic hydroxyl groups is 2. The molecule has 0 radical (unpaired) electrons. The fourth-order valence-electron chi connectivity index (χ4n) is 4.12. The van der Waals surface area contributed by atoms with Crippen LogP contribution in [0, 0.1) is 0 Å². The molecule has 0 atom stereocenters. The molecule has 150 valence electrons.